The van der Waals surface area contributed by atoms with Crippen molar-refractivity contribution < 1.29 is 9.90 Å². The largest absolute Gasteiger partial charge is 0.389 e. The van der Waals surface area contributed by atoms with Crippen LogP contribution in [0.5, 0.6) is 0 Å². The van der Waals surface area contributed by atoms with E-state index in [0.717, 1.165) is 11.1 Å². The molecular weight excluding hydrogens is 286 g/mol. The monoisotopic (exact) mass is 311 g/mol. The summed E-state index contributed by atoms with van der Waals surface area (Å²) in [6, 6.07) is 19.6. The van der Waals surface area contributed by atoms with Gasteiger partial charge in [-0.25, -0.2) is 0 Å². The molecule has 2 rings (SSSR count). The Kier molecular flexibility index (Phi) is 4.90. The Hall–Kier alpha value is -2.13. The molecule has 0 aliphatic carbocycles. The van der Waals surface area contributed by atoms with Gasteiger partial charge in [0, 0.05) is 13.6 Å². The van der Waals surface area contributed by atoms with Crippen LogP contribution >= 0.6 is 0 Å². The van der Waals surface area contributed by atoms with E-state index < -0.39 is 11.0 Å². The normalized spacial score (nSPS) is 12.0. The molecule has 0 heterocycles. The number of carbonyl (C=O) groups is 1. The molecule has 0 spiro atoms. The van der Waals surface area contributed by atoms with E-state index in [1.807, 2.05) is 67.6 Å². The van der Waals surface area contributed by atoms with Crippen LogP contribution in [0.1, 0.15) is 31.9 Å². The molecule has 0 saturated carbocycles. The summed E-state index contributed by atoms with van der Waals surface area (Å²) in [4.78, 5) is 14.9. The lowest BCUT2D eigenvalue weighted by molar-refractivity contribution is -0.136. The molecule has 0 saturated heterocycles. The predicted octanol–water partition coefficient (Wildman–Crippen LogP) is 3.22. The number of likely N-dealkylation sites (N-methyl/N-ethyl adjacent to an activating group) is 1. The topological polar surface area (TPSA) is 40.5 Å². The van der Waals surface area contributed by atoms with Gasteiger partial charge in [-0.3, -0.25) is 4.79 Å². The molecule has 2 aromatic rings. The molecule has 0 aromatic heterocycles. The van der Waals surface area contributed by atoms with Gasteiger partial charge < -0.3 is 10.0 Å². The van der Waals surface area contributed by atoms with Gasteiger partial charge in [0.15, 0.2) is 0 Å². The smallest absolute Gasteiger partial charge is 0.237 e. The zero-order chi connectivity index (χ0) is 17.1. The van der Waals surface area contributed by atoms with Crippen LogP contribution in [0.4, 0.5) is 0 Å². The highest BCUT2D eigenvalue weighted by Gasteiger charge is 2.39. The molecule has 2 aromatic carbocycles. The van der Waals surface area contributed by atoms with Crippen LogP contribution in [0.25, 0.3) is 0 Å². The van der Waals surface area contributed by atoms with Gasteiger partial charge in [-0.05, 0) is 31.9 Å². The lowest BCUT2D eigenvalue weighted by Gasteiger charge is -2.36. The minimum atomic E-state index is -0.932. The third kappa shape index (κ3) is 3.80. The van der Waals surface area contributed by atoms with E-state index in [0.29, 0.717) is 0 Å². The number of carbonyl (C=O) groups excluding carboxylic acids is 1. The summed E-state index contributed by atoms with van der Waals surface area (Å²) in [6.45, 7) is 5.64. The van der Waals surface area contributed by atoms with E-state index in [1.165, 1.54) is 0 Å². The predicted molar refractivity (Wildman–Crippen MR) is 93.3 cm³/mol. The molecular formula is C20H25NO2. The lowest BCUT2D eigenvalue weighted by atomic mass is 9.75. The third-order valence-electron chi connectivity index (χ3n) is 4.10. The van der Waals surface area contributed by atoms with Gasteiger partial charge >= 0.3 is 0 Å². The van der Waals surface area contributed by atoms with Gasteiger partial charge in [-0.1, -0.05) is 60.7 Å². The van der Waals surface area contributed by atoms with Gasteiger partial charge in [-0.2, -0.15) is 0 Å². The first-order chi connectivity index (χ1) is 10.7. The van der Waals surface area contributed by atoms with Crippen molar-refractivity contribution in [3.63, 3.8) is 0 Å². The highest BCUT2D eigenvalue weighted by molar-refractivity contribution is 5.91. The molecule has 122 valence electrons. The summed E-state index contributed by atoms with van der Waals surface area (Å²) in [7, 11) is 1.74. The maximum Gasteiger partial charge on any atom is 0.237 e. The number of amides is 1. The van der Waals surface area contributed by atoms with E-state index in [9.17, 15) is 9.90 Å². The molecule has 0 unspecified atom stereocenters. The Morgan fingerprint density at radius 2 is 1.30 bits per heavy atom. The fourth-order valence-corrected chi connectivity index (χ4v) is 2.99. The van der Waals surface area contributed by atoms with Crippen LogP contribution in [0.3, 0.4) is 0 Å². The van der Waals surface area contributed by atoms with E-state index in [-0.39, 0.29) is 12.5 Å². The number of rotatable bonds is 5. The lowest BCUT2D eigenvalue weighted by Crippen LogP contribution is -2.48. The van der Waals surface area contributed by atoms with Crippen molar-refractivity contribution in [2.75, 3.05) is 13.6 Å². The van der Waals surface area contributed by atoms with Crippen LogP contribution in [-0.2, 0) is 10.2 Å². The average molecular weight is 311 g/mol. The zero-order valence-corrected chi connectivity index (χ0v) is 14.3. The molecule has 3 nitrogen and oxygen atoms in total. The van der Waals surface area contributed by atoms with Crippen molar-refractivity contribution >= 4 is 5.91 Å². The van der Waals surface area contributed by atoms with Gasteiger partial charge in [0.05, 0.1) is 11.0 Å². The van der Waals surface area contributed by atoms with E-state index >= 15 is 0 Å². The van der Waals surface area contributed by atoms with Crippen LogP contribution in [0.2, 0.25) is 0 Å². The van der Waals surface area contributed by atoms with Crippen molar-refractivity contribution in [1.82, 2.24) is 4.90 Å². The SMILES string of the molecule is CN(CC(C)(C)O)C(=O)C(C)(c1ccccc1)c1ccccc1. The first kappa shape index (κ1) is 17.2. The second-order valence-corrected chi connectivity index (χ2v) is 6.83. The van der Waals surface area contributed by atoms with E-state index in [2.05, 4.69) is 0 Å². The minimum absolute atomic E-state index is 0.0305. The Balaban J connectivity index is 2.49. The molecule has 0 aliphatic rings. The second kappa shape index (κ2) is 6.55. The molecule has 0 bridgehead atoms. The molecule has 0 radical (unpaired) electrons. The number of benzene rings is 2. The fourth-order valence-electron chi connectivity index (χ4n) is 2.99. The minimum Gasteiger partial charge on any atom is -0.389 e. The van der Waals surface area contributed by atoms with Gasteiger partial charge in [0.2, 0.25) is 5.91 Å². The summed E-state index contributed by atoms with van der Waals surface area (Å²) in [6.07, 6.45) is 0. The summed E-state index contributed by atoms with van der Waals surface area (Å²) in [5.41, 5.74) is 0.166. The summed E-state index contributed by atoms with van der Waals surface area (Å²) < 4.78 is 0. The van der Waals surface area contributed by atoms with Crippen LogP contribution < -0.4 is 0 Å². The first-order valence-electron chi connectivity index (χ1n) is 7.84. The molecule has 1 amide bonds. The van der Waals surface area contributed by atoms with Crippen molar-refractivity contribution in [3.05, 3.63) is 71.8 Å². The van der Waals surface area contributed by atoms with Crippen LogP contribution in [0, 0.1) is 0 Å². The van der Waals surface area contributed by atoms with Gasteiger partial charge in [0.25, 0.3) is 0 Å². The Labute approximate surface area is 138 Å². The van der Waals surface area contributed by atoms with E-state index in [1.54, 1.807) is 25.8 Å². The average Bonchev–Trinajstić information content (AvgIpc) is 2.53. The third-order valence-corrected chi connectivity index (χ3v) is 4.10. The van der Waals surface area contributed by atoms with Crippen LogP contribution in [0.15, 0.2) is 60.7 Å². The maximum absolute atomic E-state index is 13.3. The summed E-state index contributed by atoms with van der Waals surface area (Å²) >= 11 is 0. The number of hydrogen-bond donors (Lipinski definition) is 1. The highest BCUT2D eigenvalue weighted by atomic mass is 16.3. The van der Waals surface area contributed by atoms with Crippen molar-refractivity contribution in [2.24, 2.45) is 0 Å². The fraction of sp³-hybridized carbons (Fsp3) is 0.350. The molecule has 0 fully saturated rings. The van der Waals surface area contributed by atoms with Gasteiger partial charge in [-0.15, -0.1) is 0 Å². The van der Waals surface area contributed by atoms with Crippen molar-refractivity contribution in [2.45, 2.75) is 31.8 Å². The molecule has 0 aliphatic heterocycles. The quantitative estimate of drug-likeness (QED) is 0.921. The highest BCUT2D eigenvalue weighted by Crippen LogP contribution is 2.34. The Bertz CT molecular complexity index is 605. The second-order valence-electron chi connectivity index (χ2n) is 6.83. The molecule has 23 heavy (non-hydrogen) atoms. The molecule has 1 N–H and O–H groups in total. The summed E-state index contributed by atoms with van der Waals surface area (Å²) in [5.74, 6) is -0.0305. The van der Waals surface area contributed by atoms with Crippen molar-refractivity contribution in [3.8, 4) is 0 Å². The Morgan fingerprint density at radius 3 is 1.65 bits per heavy atom. The number of aliphatic hydroxyl groups is 1. The van der Waals surface area contributed by atoms with Crippen LogP contribution in [-0.4, -0.2) is 35.1 Å². The number of nitrogens with zero attached hydrogens (tertiary/aromatic N) is 1. The number of hydrogen-bond acceptors (Lipinski definition) is 2. The zero-order valence-electron chi connectivity index (χ0n) is 14.3. The first-order valence-corrected chi connectivity index (χ1v) is 7.84. The maximum atomic E-state index is 13.3. The standard InChI is InChI=1S/C20H25NO2/c1-19(2,23)15-21(4)18(22)20(3,16-11-7-5-8-12-16)17-13-9-6-10-14-17/h5-14,23H,15H2,1-4H3. The van der Waals surface area contributed by atoms with Crippen molar-refractivity contribution in [1.29, 1.82) is 0 Å². The molecule has 0 atom stereocenters. The van der Waals surface area contributed by atoms with E-state index in [4.69, 9.17) is 0 Å². The summed E-state index contributed by atoms with van der Waals surface area (Å²) in [5, 5.41) is 10.0. The Morgan fingerprint density at radius 1 is 0.913 bits per heavy atom. The van der Waals surface area contributed by atoms with Gasteiger partial charge in [0.1, 0.15) is 0 Å². The molecule has 3 heteroatoms.